The van der Waals surface area contributed by atoms with Gasteiger partial charge in [-0.05, 0) is 116 Å². The number of nitro groups is 1. The first kappa shape index (κ1) is 31.3. The first-order valence-electron chi connectivity index (χ1n) is 27.6. The zero-order chi connectivity index (χ0) is 56.8. The molecule has 3 aliphatic heterocycles. The number of anilines is 4. The summed E-state index contributed by atoms with van der Waals surface area (Å²) in [6, 6.07) is 13.2. The van der Waals surface area contributed by atoms with Crippen LogP contribution in [-0.4, -0.2) is 99.1 Å². The highest BCUT2D eigenvalue weighted by molar-refractivity contribution is 7.90. The topological polar surface area (TPSA) is 175 Å². The van der Waals surface area contributed by atoms with E-state index in [1.165, 1.54) is 41.3 Å². The molecule has 15 nitrogen and oxygen atoms in total. The number of nitrogens with one attached hydrogen (secondary N) is 3. The van der Waals surface area contributed by atoms with Gasteiger partial charge in [-0.3, -0.25) is 19.8 Å². The number of aromatic amines is 1. The third-order valence-corrected chi connectivity index (χ3v) is 13.5. The lowest BCUT2D eigenvalue weighted by Gasteiger charge is -2.43. The molecule has 2 fully saturated rings. The number of carbonyl (C=O) groups excluding carboxylic acids is 1. The van der Waals surface area contributed by atoms with Crippen LogP contribution in [0.4, 0.5) is 28.4 Å². The van der Waals surface area contributed by atoms with Crippen LogP contribution in [0.1, 0.15) is 86.5 Å². The molecule has 2 aromatic heterocycles. The van der Waals surface area contributed by atoms with Crippen LogP contribution < -0.4 is 24.6 Å². The minimum absolute atomic E-state index is 0.0357. The average Bonchev–Trinajstić information content (AvgIpc) is 3.95. The predicted octanol–water partition coefficient (Wildman–Crippen LogP) is 8.79. The molecular formula is C48H55ClN8O7S. The van der Waals surface area contributed by atoms with E-state index in [1.54, 1.807) is 18.3 Å². The molecule has 9 rings (SSSR count). The number of halogens is 1. The van der Waals surface area contributed by atoms with E-state index >= 15 is 0 Å². The molecule has 342 valence electrons. The number of piperazine rings is 1. The molecule has 3 N–H and O–H groups in total. The number of allylic oxidation sites excluding steroid dienone is 1. The Hall–Kier alpha value is -5.68. The van der Waals surface area contributed by atoms with Gasteiger partial charge >= 0.3 is 0 Å². The number of H-pyrrole nitrogens is 1. The minimum Gasteiger partial charge on any atom is -0.474 e. The van der Waals surface area contributed by atoms with Crippen LogP contribution in [0.25, 0.3) is 16.6 Å². The molecule has 1 atom stereocenters. The lowest BCUT2D eigenvalue weighted by Crippen LogP contribution is -2.52. The summed E-state index contributed by atoms with van der Waals surface area (Å²) in [5.41, 5.74) is -2.20. The third-order valence-electron chi connectivity index (χ3n) is 12.0. The Bertz CT molecular complexity index is 3270. The van der Waals surface area contributed by atoms with Crippen molar-refractivity contribution in [3.05, 3.63) is 111 Å². The number of nitrogens with zero attached hydrogens (tertiary/aromatic N) is 5. The number of sulfonamides is 1. The van der Waals surface area contributed by atoms with E-state index in [4.69, 9.17) is 29.3 Å². The molecule has 1 amide bonds. The fourth-order valence-electron chi connectivity index (χ4n) is 8.51. The van der Waals surface area contributed by atoms with Gasteiger partial charge in [-0.25, -0.2) is 13.1 Å². The number of hydrogen-bond acceptors (Lipinski definition) is 12. The quantitative estimate of drug-likeness (QED) is 0.0803. The number of hydrogen-bond donors (Lipinski definition) is 3. The van der Waals surface area contributed by atoms with E-state index in [9.17, 15) is 32.9 Å². The lowest BCUT2D eigenvalue weighted by atomic mass is 9.72. The maximum atomic E-state index is 14.6. The molecule has 5 aromatic rings. The second kappa shape index (κ2) is 18.3. The van der Waals surface area contributed by atoms with Gasteiger partial charge in [0.05, 0.1) is 31.7 Å². The maximum absolute atomic E-state index is 14.6. The van der Waals surface area contributed by atoms with Crippen LogP contribution >= 0.6 is 11.6 Å². The minimum atomic E-state index is -4.89. The summed E-state index contributed by atoms with van der Waals surface area (Å²) in [6.45, 7) is -14.2. The molecule has 0 saturated carbocycles. The molecule has 0 bridgehead atoms. The zero-order valence-electron chi connectivity index (χ0n) is 48.2. The zero-order valence-corrected chi connectivity index (χ0v) is 36.8. The number of benzene rings is 3. The molecule has 1 aliphatic carbocycles. The van der Waals surface area contributed by atoms with E-state index in [1.807, 2.05) is 4.72 Å². The van der Waals surface area contributed by atoms with Crippen molar-refractivity contribution in [2.75, 3.05) is 74.1 Å². The van der Waals surface area contributed by atoms with Crippen molar-refractivity contribution in [1.29, 1.82) is 0 Å². The van der Waals surface area contributed by atoms with E-state index in [0.717, 1.165) is 44.0 Å². The van der Waals surface area contributed by atoms with Gasteiger partial charge in [-0.15, -0.1) is 0 Å². The molecule has 0 radical (unpaired) electrons. The van der Waals surface area contributed by atoms with Gasteiger partial charge in [0, 0.05) is 93.9 Å². The summed E-state index contributed by atoms with van der Waals surface area (Å²) in [5, 5.41) is 16.2. The van der Waals surface area contributed by atoms with Crippen molar-refractivity contribution in [2.45, 2.75) is 63.6 Å². The summed E-state index contributed by atoms with van der Waals surface area (Å²) in [5.74, 6) is -1.02. The number of fused-ring (bicyclic) bond motifs is 2. The number of pyridine rings is 1. The van der Waals surface area contributed by atoms with Gasteiger partial charge in [0.1, 0.15) is 23.6 Å². The number of carbonyl (C=O) groups is 1. The van der Waals surface area contributed by atoms with E-state index in [0.29, 0.717) is 51.2 Å². The maximum Gasteiger partial charge on any atom is 0.293 e. The Morgan fingerprint density at radius 2 is 1.89 bits per heavy atom. The van der Waals surface area contributed by atoms with E-state index in [2.05, 4.69) is 15.3 Å². The van der Waals surface area contributed by atoms with Gasteiger partial charge in [0.15, 0.2) is 0 Å². The van der Waals surface area contributed by atoms with Crippen LogP contribution in [0.2, 0.25) is 5.02 Å². The molecular weight excluding hydrogens is 868 g/mol. The number of ether oxygens (including phenoxy) is 2. The van der Waals surface area contributed by atoms with Crippen molar-refractivity contribution in [2.24, 2.45) is 11.3 Å². The number of aromatic nitrogens is 2. The third kappa shape index (κ3) is 9.67. The predicted molar refractivity (Wildman–Crippen MR) is 254 cm³/mol. The monoisotopic (exact) mass is 935 g/mol. The fourth-order valence-corrected chi connectivity index (χ4v) is 9.62. The summed E-state index contributed by atoms with van der Waals surface area (Å²) in [7, 11) is -4.89. The summed E-state index contributed by atoms with van der Waals surface area (Å²) in [6.07, 6.45) is 1.80. The SMILES string of the molecule is [2H]C([2H])([2H])C1(C([2H])([2H])[2H])CCC(CN2C([2H])([2H])C([2H])([2H])N(c3ccc(C(=O)NS(=O)(=O)c4ccc(NCC5CCOCC5)c([N+](=O)[O-])c4)c(N4CCOc5nc6[nH]ccc6cc54)c3)C([2H])(C)C2([2H])[2H])=C(c2ccc(Cl)cc2)C1. The van der Waals surface area contributed by atoms with Gasteiger partial charge in [-0.2, -0.15) is 4.98 Å². The molecule has 1 unspecified atom stereocenters. The van der Waals surface area contributed by atoms with Crippen LogP contribution in [0, 0.1) is 21.4 Å². The van der Waals surface area contributed by atoms with E-state index in [-0.39, 0.29) is 70.8 Å². The summed E-state index contributed by atoms with van der Waals surface area (Å²) < 4.78 is 159. The van der Waals surface area contributed by atoms with Gasteiger partial charge in [0.2, 0.25) is 5.88 Å². The summed E-state index contributed by atoms with van der Waals surface area (Å²) in [4.78, 5) is 35.7. The Morgan fingerprint density at radius 3 is 2.68 bits per heavy atom. The first-order chi connectivity index (χ1) is 36.3. The Kier molecular flexibility index (Phi) is 8.81. The number of rotatable bonds is 12. The summed E-state index contributed by atoms with van der Waals surface area (Å²) >= 11 is 6.21. The molecule has 4 aliphatic rings. The van der Waals surface area contributed by atoms with Crippen molar-refractivity contribution in [1.82, 2.24) is 19.6 Å². The largest absolute Gasteiger partial charge is 0.474 e. The van der Waals surface area contributed by atoms with Gasteiger partial charge in [-0.1, -0.05) is 43.0 Å². The molecule has 5 heterocycles. The molecule has 17 heteroatoms. The normalized spacial score (nSPS) is 26.3. The second-order valence-electron chi connectivity index (χ2n) is 16.4. The molecule has 3 aromatic carbocycles. The Labute approximate surface area is 402 Å². The highest BCUT2D eigenvalue weighted by Gasteiger charge is 2.33. The molecule has 2 saturated heterocycles. The van der Waals surface area contributed by atoms with Crippen LogP contribution in [0.15, 0.2) is 89.5 Å². The van der Waals surface area contributed by atoms with Gasteiger partial charge in [0.25, 0.3) is 21.6 Å². The first-order valence-corrected chi connectivity index (χ1v) is 22.9. The highest BCUT2D eigenvalue weighted by atomic mass is 35.5. The Balaban J connectivity index is 1.11. The fraction of sp³-hybridized carbons (Fsp3) is 0.417. The molecule has 65 heavy (non-hydrogen) atoms. The number of amides is 1. The average molecular weight is 937 g/mol. The van der Waals surface area contributed by atoms with Crippen LogP contribution in [0.3, 0.4) is 0 Å². The number of nitro benzene ring substituents is 1. The second-order valence-corrected chi connectivity index (χ2v) is 18.5. The lowest BCUT2D eigenvalue weighted by molar-refractivity contribution is -0.384. The van der Waals surface area contributed by atoms with E-state index < -0.39 is 95.5 Å². The molecule has 0 spiro atoms. The van der Waals surface area contributed by atoms with Crippen LogP contribution in [-0.2, 0) is 14.8 Å². The van der Waals surface area contributed by atoms with Gasteiger partial charge < -0.3 is 29.6 Å². The Morgan fingerprint density at radius 1 is 1.08 bits per heavy atom. The van der Waals surface area contributed by atoms with Crippen molar-refractivity contribution in [3.8, 4) is 5.88 Å². The van der Waals surface area contributed by atoms with Crippen LogP contribution in [0.5, 0.6) is 5.88 Å². The highest BCUT2D eigenvalue weighted by Crippen LogP contribution is 2.44. The smallest absolute Gasteiger partial charge is 0.293 e. The van der Waals surface area contributed by atoms with Crippen molar-refractivity contribution >= 4 is 72.6 Å². The van der Waals surface area contributed by atoms with Crippen molar-refractivity contribution < 1.29 is 45.4 Å². The standard InChI is InChI=1S/C48H55ClN8O7S/c1-31-29-54(30-35-12-16-48(2,3)27-40(35)33-4-6-36(49)7-5-33)18-19-55(31)37-8-10-39(42(25-37)56-20-23-64-47-44(56)24-34-13-17-50-45(34)52-47)46(58)53-65(61,62)38-9-11-41(43(26-38)57(59)60)51-28-32-14-21-63-22-15-32/h4-11,13,17,24-26,31-32,51H,12,14-16,18-23,27-30H2,1-3H3,(H,50,52)(H,53,58)/i2D3,3D3,18D2,19D2,29D2,31D. The van der Waals surface area contributed by atoms with Crippen molar-refractivity contribution in [3.63, 3.8) is 0 Å².